The van der Waals surface area contributed by atoms with Gasteiger partial charge in [0.1, 0.15) is 12.6 Å². The van der Waals surface area contributed by atoms with Crippen LogP contribution in [0, 0.1) is 0 Å². The van der Waals surface area contributed by atoms with Crippen molar-refractivity contribution in [2.45, 2.75) is 25.5 Å². The van der Waals surface area contributed by atoms with E-state index in [0.717, 1.165) is 16.7 Å². The van der Waals surface area contributed by atoms with Gasteiger partial charge in [-0.2, -0.15) is 0 Å². The number of rotatable bonds is 4. The zero-order valence-electron chi connectivity index (χ0n) is 13.4. The van der Waals surface area contributed by atoms with Crippen LogP contribution in [0.15, 0.2) is 54.6 Å². The van der Waals surface area contributed by atoms with Gasteiger partial charge in [-0.15, -0.1) is 0 Å². The van der Waals surface area contributed by atoms with Crippen LogP contribution in [0.1, 0.15) is 18.4 Å². The third kappa shape index (κ3) is 4.23. The predicted octanol–water partition coefficient (Wildman–Crippen LogP) is 2.81. The molecular formula is C19H17NO5. The Kier molecular flexibility index (Phi) is 5.09. The molecular weight excluding hydrogens is 322 g/mol. The molecule has 0 unspecified atom stereocenters. The van der Waals surface area contributed by atoms with E-state index in [-0.39, 0.29) is 19.4 Å². The smallest absolute Gasteiger partial charge is 0.408 e. The second kappa shape index (κ2) is 7.61. The summed E-state index contributed by atoms with van der Waals surface area (Å²) in [6.07, 6.45) is -0.417. The Hall–Kier alpha value is -3.15. The molecule has 25 heavy (non-hydrogen) atoms. The van der Waals surface area contributed by atoms with Crippen molar-refractivity contribution in [3.63, 3.8) is 0 Å². The number of esters is 2. The van der Waals surface area contributed by atoms with Gasteiger partial charge in [0, 0.05) is 6.42 Å². The van der Waals surface area contributed by atoms with Crippen molar-refractivity contribution in [2.75, 3.05) is 0 Å². The molecule has 0 saturated carbocycles. The Balaban J connectivity index is 1.61. The standard InChI is InChI=1S/C19H17NO5/c21-17-11-10-16(18(22)25-17)20-19(23)24-12-14-8-4-5-9-15(14)13-6-2-1-3-7-13/h1-9,16H,10-12H2,(H,20,23)/t16-/m0/s1. The van der Waals surface area contributed by atoms with Gasteiger partial charge in [-0.25, -0.2) is 9.59 Å². The van der Waals surface area contributed by atoms with E-state index in [1.807, 2.05) is 54.6 Å². The lowest BCUT2D eigenvalue weighted by atomic mass is 10.0. The van der Waals surface area contributed by atoms with Crippen molar-refractivity contribution in [1.29, 1.82) is 0 Å². The maximum Gasteiger partial charge on any atom is 0.408 e. The molecule has 3 rings (SSSR count). The van der Waals surface area contributed by atoms with E-state index in [1.165, 1.54) is 0 Å². The monoisotopic (exact) mass is 339 g/mol. The van der Waals surface area contributed by atoms with Crippen molar-refractivity contribution in [2.24, 2.45) is 0 Å². The van der Waals surface area contributed by atoms with E-state index in [1.54, 1.807) is 0 Å². The fourth-order valence-corrected chi connectivity index (χ4v) is 2.62. The Morgan fingerprint density at radius 2 is 1.80 bits per heavy atom. The number of ether oxygens (including phenoxy) is 2. The normalized spacial score (nSPS) is 16.9. The third-order valence-corrected chi connectivity index (χ3v) is 3.89. The van der Waals surface area contributed by atoms with Crippen LogP contribution in [0.25, 0.3) is 11.1 Å². The number of carbonyl (C=O) groups is 3. The van der Waals surface area contributed by atoms with Gasteiger partial charge in [-0.3, -0.25) is 4.79 Å². The summed E-state index contributed by atoms with van der Waals surface area (Å²) >= 11 is 0. The van der Waals surface area contributed by atoms with Gasteiger partial charge in [-0.05, 0) is 23.1 Å². The molecule has 6 heteroatoms. The Bertz CT molecular complexity index is 787. The molecule has 2 aromatic rings. The lowest BCUT2D eigenvalue weighted by molar-refractivity contribution is -0.165. The maximum absolute atomic E-state index is 11.9. The molecule has 0 radical (unpaired) electrons. The second-order valence-corrected chi connectivity index (χ2v) is 5.63. The topological polar surface area (TPSA) is 81.7 Å². The summed E-state index contributed by atoms with van der Waals surface area (Å²) in [6.45, 7) is 0.0671. The van der Waals surface area contributed by atoms with Gasteiger partial charge in [0.25, 0.3) is 0 Å². The van der Waals surface area contributed by atoms with E-state index >= 15 is 0 Å². The number of cyclic esters (lactones) is 2. The zero-order valence-corrected chi connectivity index (χ0v) is 13.4. The SMILES string of the molecule is O=C1CC[C@H](NC(=O)OCc2ccccc2-c2ccccc2)C(=O)O1. The lowest BCUT2D eigenvalue weighted by Crippen LogP contribution is -2.45. The van der Waals surface area contributed by atoms with Crippen molar-refractivity contribution in [1.82, 2.24) is 5.32 Å². The first-order valence-corrected chi connectivity index (χ1v) is 7.94. The van der Waals surface area contributed by atoms with Gasteiger partial charge < -0.3 is 14.8 Å². The first-order valence-electron chi connectivity index (χ1n) is 7.94. The molecule has 1 amide bonds. The number of nitrogens with one attached hydrogen (secondary N) is 1. The number of benzene rings is 2. The lowest BCUT2D eigenvalue weighted by Gasteiger charge is -2.20. The van der Waals surface area contributed by atoms with E-state index in [9.17, 15) is 14.4 Å². The van der Waals surface area contributed by atoms with Crippen LogP contribution in [0.4, 0.5) is 4.79 Å². The van der Waals surface area contributed by atoms with E-state index in [0.29, 0.717) is 0 Å². The van der Waals surface area contributed by atoms with Crippen molar-refractivity contribution in [3.05, 3.63) is 60.2 Å². The number of carbonyl (C=O) groups excluding carboxylic acids is 3. The molecule has 1 N–H and O–H groups in total. The highest BCUT2D eigenvalue weighted by molar-refractivity contribution is 5.93. The first kappa shape index (κ1) is 16.7. The largest absolute Gasteiger partial charge is 0.445 e. The fraction of sp³-hybridized carbons (Fsp3) is 0.211. The van der Waals surface area contributed by atoms with E-state index in [4.69, 9.17) is 4.74 Å². The summed E-state index contributed by atoms with van der Waals surface area (Å²) in [7, 11) is 0. The molecule has 1 atom stereocenters. The van der Waals surface area contributed by atoms with Crippen molar-refractivity contribution < 1.29 is 23.9 Å². The van der Waals surface area contributed by atoms with Gasteiger partial charge in [0.05, 0.1) is 0 Å². The molecule has 128 valence electrons. The molecule has 0 aliphatic carbocycles. The Morgan fingerprint density at radius 3 is 2.56 bits per heavy atom. The van der Waals surface area contributed by atoms with Gasteiger partial charge >= 0.3 is 18.0 Å². The fourth-order valence-electron chi connectivity index (χ4n) is 2.62. The van der Waals surface area contributed by atoms with Crippen LogP contribution in [0.3, 0.4) is 0 Å². The van der Waals surface area contributed by atoms with Crippen molar-refractivity contribution >= 4 is 18.0 Å². The highest BCUT2D eigenvalue weighted by Gasteiger charge is 2.30. The Labute approximate surface area is 144 Å². The number of hydrogen-bond acceptors (Lipinski definition) is 5. The molecule has 1 aliphatic heterocycles. The maximum atomic E-state index is 11.9. The summed E-state index contributed by atoms with van der Waals surface area (Å²) in [5.74, 6) is -1.33. The number of amides is 1. The second-order valence-electron chi connectivity index (χ2n) is 5.63. The third-order valence-electron chi connectivity index (χ3n) is 3.89. The van der Waals surface area contributed by atoms with Crippen LogP contribution in [0.2, 0.25) is 0 Å². The van der Waals surface area contributed by atoms with Crippen LogP contribution in [-0.4, -0.2) is 24.1 Å². The summed E-state index contributed by atoms with van der Waals surface area (Å²) < 4.78 is 9.72. The molecule has 1 heterocycles. The minimum absolute atomic E-state index is 0.0671. The first-order chi connectivity index (χ1) is 12.1. The molecule has 1 aliphatic rings. The van der Waals surface area contributed by atoms with E-state index < -0.39 is 24.1 Å². The average molecular weight is 339 g/mol. The predicted molar refractivity (Wildman–Crippen MR) is 89.3 cm³/mol. The quantitative estimate of drug-likeness (QED) is 0.684. The summed E-state index contributed by atoms with van der Waals surface area (Å²) in [4.78, 5) is 34.5. The molecule has 6 nitrogen and oxygen atoms in total. The molecule has 1 fully saturated rings. The molecule has 0 bridgehead atoms. The summed E-state index contributed by atoms with van der Waals surface area (Å²) in [5.41, 5.74) is 2.85. The highest BCUT2D eigenvalue weighted by Crippen LogP contribution is 2.24. The van der Waals surface area contributed by atoms with Crippen molar-refractivity contribution in [3.8, 4) is 11.1 Å². The van der Waals surface area contributed by atoms with Crippen LogP contribution < -0.4 is 5.32 Å². The van der Waals surface area contributed by atoms with Gasteiger partial charge in [-0.1, -0.05) is 54.6 Å². The number of alkyl carbamates (subject to hydrolysis) is 1. The average Bonchev–Trinajstić information content (AvgIpc) is 2.63. The van der Waals surface area contributed by atoms with Gasteiger partial charge in [0.15, 0.2) is 0 Å². The van der Waals surface area contributed by atoms with E-state index in [2.05, 4.69) is 10.1 Å². The minimum Gasteiger partial charge on any atom is -0.445 e. The zero-order chi connectivity index (χ0) is 17.6. The molecule has 0 spiro atoms. The number of hydrogen-bond donors (Lipinski definition) is 1. The molecule has 1 saturated heterocycles. The summed E-state index contributed by atoms with van der Waals surface area (Å²) in [6, 6.07) is 16.5. The molecule has 0 aromatic heterocycles. The van der Waals surface area contributed by atoms with Crippen LogP contribution in [-0.2, 0) is 25.7 Å². The summed E-state index contributed by atoms with van der Waals surface area (Å²) in [5, 5.41) is 2.43. The van der Waals surface area contributed by atoms with Gasteiger partial charge in [0.2, 0.25) is 0 Å². The minimum atomic E-state index is -0.852. The Morgan fingerprint density at radius 1 is 1.08 bits per heavy atom. The van der Waals surface area contributed by atoms with Crippen LogP contribution >= 0.6 is 0 Å². The highest BCUT2D eigenvalue weighted by atomic mass is 16.6. The van der Waals surface area contributed by atoms with Crippen LogP contribution in [0.5, 0.6) is 0 Å². The molecule has 2 aromatic carbocycles.